The Morgan fingerprint density at radius 3 is 1.28 bits per heavy atom. The zero-order valence-electron chi connectivity index (χ0n) is 32.5. The first-order valence-corrected chi connectivity index (χ1v) is 19.2. The van der Waals surface area contributed by atoms with Crippen molar-refractivity contribution in [2.24, 2.45) is 11.1 Å². The summed E-state index contributed by atoms with van der Waals surface area (Å²) in [5, 5.41) is 4.29. The van der Waals surface area contributed by atoms with Gasteiger partial charge >= 0.3 is 0 Å². The van der Waals surface area contributed by atoms with Crippen LogP contribution in [0.4, 0.5) is 0 Å². The Bertz CT molecular complexity index is 1990. The van der Waals surface area contributed by atoms with Crippen LogP contribution in [0.1, 0.15) is 59.8 Å². The van der Waals surface area contributed by atoms with E-state index >= 15 is 0 Å². The maximum atomic E-state index is 10.5. The first kappa shape index (κ1) is 40.7. The quantitative estimate of drug-likeness (QED) is 0.0986. The predicted molar refractivity (Wildman–Crippen MR) is 222 cm³/mol. The minimum Gasteiger partial charge on any atom is -0.390 e. The van der Waals surface area contributed by atoms with Crippen LogP contribution in [0.25, 0.3) is 0 Å². The monoisotopic (exact) mass is 762 g/mol. The third-order valence-electron chi connectivity index (χ3n) is 9.55. The number of nitrogens with two attached hydrogens (primary N) is 1. The molecule has 2 aromatic heterocycles. The van der Waals surface area contributed by atoms with Crippen LogP contribution >= 0.6 is 0 Å². The van der Waals surface area contributed by atoms with Crippen LogP contribution in [0, 0.1) is 0 Å². The summed E-state index contributed by atoms with van der Waals surface area (Å²) < 4.78 is 0. The first-order valence-electron chi connectivity index (χ1n) is 19.2. The number of nitrogens with zero attached hydrogens (tertiary/aromatic N) is 7. The fraction of sp³-hybridized carbons (Fsp3) is 0.261. The summed E-state index contributed by atoms with van der Waals surface area (Å²) in [4.78, 5) is 42.2. The van der Waals surface area contributed by atoms with Crippen molar-refractivity contribution < 1.29 is 14.5 Å². The molecule has 0 aliphatic carbocycles. The highest BCUT2D eigenvalue weighted by Gasteiger charge is 2.36. The zero-order chi connectivity index (χ0) is 39.7. The Morgan fingerprint density at radius 1 is 0.579 bits per heavy atom. The lowest BCUT2D eigenvalue weighted by molar-refractivity contribution is -0.116. The number of rotatable bonds is 13. The highest BCUT2D eigenvalue weighted by molar-refractivity contribution is 5.82. The molecule has 0 radical (unpaired) electrons. The van der Waals surface area contributed by atoms with Gasteiger partial charge in [-0.15, -0.1) is 0 Å². The number of hydrogen-bond acceptors (Lipinski definition) is 11. The van der Waals surface area contributed by atoms with E-state index in [-0.39, 0.29) is 30.1 Å². The molecule has 0 amide bonds. The fourth-order valence-corrected chi connectivity index (χ4v) is 6.77. The second-order valence-corrected chi connectivity index (χ2v) is 14.1. The third-order valence-corrected chi connectivity index (χ3v) is 9.55. The normalized spacial score (nSPS) is 14.7. The van der Waals surface area contributed by atoms with Crippen LogP contribution in [0.15, 0.2) is 163 Å². The molecule has 0 spiro atoms. The van der Waals surface area contributed by atoms with Gasteiger partial charge in [0.05, 0.1) is 24.2 Å². The smallest absolute Gasteiger partial charge is 0.152 e. The van der Waals surface area contributed by atoms with Gasteiger partial charge in [-0.1, -0.05) is 126 Å². The molecule has 4 heterocycles. The summed E-state index contributed by atoms with van der Waals surface area (Å²) in [5.74, 6) is 6.69. The van der Waals surface area contributed by atoms with Crippen molar-refractivity contribution in [1.82, 2.24) is 29.7 Å². The number of likely N-dealkylation sites (tertiary alicyclic amines) is 2. The highest BCUT2D eigenvalue weighted by atomic mass is 16.6. The molecule has 11 nitrogen and oxygen atoms in total. The summed E-state index contributed by atoms with van der Waals surface area (Å²) >= 11 is 0. The predicted octanol–water partition coefficient (Wildman–Crippen LogP) is 6.84. The fourth-order valence-electron chi connectivity index (χ4n) is 6.77. The molecule has 292 valence electrons. The Labute approximate surface area is 335 Å². The lowest BCUT2D eigenvalue weighted by Crippen LogP contribution is -2.54. The van der Waals surface area contributed by atoms with E-state index in [1.807, 2.05) is 25.1 Å². The van der Waals surface area contributed by atoms with E-state index in [1.54, 1.807) is 30.9 Å². The molecular weight excluding hydrogens is 713 g/mol. The molecule has 2 aliphatic heterocycles. The Hall–Kier alpha value is -5.98. The lowest BCUT2D eigenvalue weighted by atomic mass is 9.94. The molecule has 6 aromatic rings. The van der Waals surface area contributed by atoms with E-state index in [0.717, 1.165) is 37.7 Å². The number of Topliss-reactive ketones (excluding diaryl/α,β-unsaturated/α-hetero) is 1. The van der Waals surface area contributed by atoms with Crippen molar-refractivity contribution in [1.29, 1.82) is 0 Å². The van der Waals surface area contributed by atoms with Gasteiger partial charge in [-0.25, -0.2) is 25.8 Å². The number of aromatic nitrogens is 4. The van der Waals surface area contributed by atoms with Crippen LogP contribution in [0.3, 0.4) is 0 Å². The van der Waals surface area contributed by atoms with Gasteiger partial charge in [-0.2, -0.15) is 0 Å². The minimum absolute atomic E-state index is 0.0891. The van der Waals surface area contributed by atoms with E-state index in [9.17, 15) is 4.79 Å². The SMILES string of the molecule is C/C(Cc1ncccn1)=N\OC1CN(C(c2ccccc2)c2ccccc2)C1.CC(=O)Cc1ncccn1.NOC1CN(C(c2ccccc2)c2ccccc2)C1. The van der Waals surface area contributed by atoms with Crippen LogP contribution < -0.4 is 5.90 Å². The van der Waals surface area contributed by atoms with Gasteiger partial charge < -0.3 is 4.84 Å². The molecule has 0 atom stereocenters. The Morgan fingerprint density at radius 2 is 0.930 bits per heavy atom. The molecule has 0 bridgehead atoms. The summed E-state index contributed by atoms with van der Waals surface area (Å²) in [7, 11) is 0. The molecule has 2 fully saturated rings. The number of oxime groups is 1. The van der Waals surface area contributed by atoms with Gasteiger partial charge in [0.2, 0.25) is 0 Å². The molecule has 2 N–H and O–H groups in total. The molecule has 0 saturated carbocycles. The van der Waals surface area contributed by atoms with Crippen LogP contribution in [-0.4, -0.2) is 79.6 Å². The lowest BCUT2D eigenvalue weighted by Gasteiger charge is -2.43. The van der Waals surface area contributed by atoms with Crippen LogP contribution in [0.5, 0.6) is 0 Å². The second-order valence-electron chi connectivity index (χ2n) is 14.1. The van der Waals surface area contributed by atoms with Gasteiger partial charge in [0.1, 0.15) is 23.5 Å². The molecule has 2 aliphatic rings. The maximum absolute atomic E-state index is 10.5. The van der Waals surface area contributed by atoms with Gasteiger partial charge in [-0.3, -0.25) is 19.4 Å². The summed E-state index contributed by atoms with van der Waals surface area (Å²) in [6.45, 7) is 6.94. The van der Waals surface area contributed by atoms with Gasteiger partial charge in [0.25, 0.3) is 0 Å². The Balaban J connectivity index is 0.000000162. The van der Waals surface area contributed by atoms with Crippen LogP contribution in [0.2, 0.25) is 0 Å². The summed E-state index contributed by atoms with van der Waals surface area (Å²) in [6.07, 6.45) is 7.96. The standard InChI is InChI=1S/C23H24N4O.C16H18N2O.C7H8N2O/c1-18(15-22-24-13-8-14-25-22)26-28-21-16-27(17-21)23(19-9-4-2-5-10-19)20-11-6-3-7-12-20;17-19-15-11-18(12-15)16(13-7-3-1-4-8-13)14-9-5-2-6-10-14;1-6(10)5-7-8-3-2-4-9-7/h2-14,21,23H,15-17H2,1H3;1-10,15-16H,11-12,17H2;2-4H,5H2,1H3/b26-18+;;. The van der Waals surface area contributed by atoms with E-state index in [2.05, 4.69) is 144 Å². The maximum Gasteiger partial charge on any atom is 0.152 e. The van der Waals surface area contributed by atoms with Crippen molar-refractivity contribution in [3.05, 3.63) is 192 Å². The van der Waals surface area contributed by atoms with E-state index in [1.165, 1.54) is 29.2 Å². The molecule has 0 unspecified atom stereocenters. The van der Waals surface area contributed by atoms with Gasteiger partial charge in [-0.05, 0) is 48.2 Å². The first-order chi connectivity index (χ1) is 28.0. The average Bonchev–Trinajstić information content (AvgIpc) is 3.22. The topological polar surface area (TPSA) is 132 Å². The molecule has 2 saturated heterocycles. The van der Waals surface area contributed by atoms with Crippen molar-refractivity contribution >= 4 is 11.5 Å². The Kier molecular flexibility index (Phi) is 15.2. The molecular formula is C46H50N8O3. The third kappa shape index (κ3) is 12.3. The van der Waals surface area contributed by atoms with E-state index in [0.29, 0.717) is 18.7 Å². The number of carbonyl (C=O) groups excluding carboxylic acids is 1. The number of benzene rings is 4. The second kappa shape index (κ2) is 21.4. The van der Waals surface area contributed by atoms with E-state index < -0.39 is 0 Å². The highest BCUT2D eigenvalue weighted by Crippen LogP contribution is 2.34. The molecule has 4 aromatic carbocycles. The van der Waals surface area contributed by atoms with Crippen molar-refractivity contribution in [2.45, 2.75) is 51.0 Å². The van der Waals surface area contributed by atoms with Crippen LogP contribution in [-0.2, 0) is 27.3 Å². The van der Waals surface area contributed by atoms with E-state index in [4.69, 9.17) is 15.6 Å². The van der Waals surface area contributed by atoms with Crippen molar-refractivity contribution in [2.75, 3.05) is 26.2 Å². The molecule has 8 rings (SSSR count). The summed E-state index contributed by atoms with van der Waals surface area (Å²) in [5.41, 5.74) is 6.10. The van der Waals surface area contributed by atoms with Gasteiger partial charge in [0, 0.05) is 57.4 Å². The summed E-state index contributed by atoms with van der Waals surface area (Å²) in [6, 6.07) is 46.5. The number of hydrogen-bond donors (Lipinski definition) is 1. The number of ketones is 1. The molecule has 11 heteroatoms. The zero-order valence-corrected chi connectivity index (χ0v) is 32.5. The largest absolute Gasteiger partial charge is 0.390 e. The van der Waals surface area contributed by atoms with Crippen molar-refractivity contribution in [3.63, 3.8) is 0 Å². The van der Waals surface area contributed by atoms with Gasteiger partial charge in [0.15, 0.2) is 6.10 Å². The number of carbonyl (C=O) groups is 1. The average molecular weight is 763 g/mol. The van der Waals surface area contributed by atoms with Crippen molar-refractivity contribution in [3.8, 4) is 0 Å². The molecule has 57 heavy (non-hydrogen) atoms. The minimum atomic E-state index is 0.0891.